The topological polar surface area (TPSA) is 64.2 Å². The van der Waals surface area contributed by atoms with Gasteiger partial charge in [-0.3, -0.25) is 4.79 Å². The van der Waals surface area contributed by atoms with Gasteiger partial charge in [0.1, 0.15) is 0 Å². The van der Waals surface area contributed by atoms with Gasteiger partial charge in [0, 0.05) is 40.7 Å². The van der Waals surface area contributed by atoms with Gasteiger partial charge in [-0.15, -0.1) is 0 Å². The lowest BCUT2D eigenvalue weighted by atomic mass is 10.0. The summed E-state index contributed by atoms with van der Waals surface area (Å²) in [5.41, 5.74) is 13.0. The third kappa shape index (κ3) is 3.02. The summed E-state index contributed by atoms with van der Waals surface area (Å²) in [6, 6.07) is 16.6. The van der Waals surface area contributed by atoms with Crippen LogP contribution in [0.15, 0.2) is 60.8 Å². The Labute approximate surface area is 175 Å². The van der Waals surface area contributed by atoms with Crippen molar-refractivity contribution in [3.63, 3.8) is 0 Å². The van der Waals surface area contributed by atoms with Crippen molar-refractivity contribution in [2.24, 2.45) is 5.73 Å². The molecule has 0 bridgehead atoms. The first kappa shape index (κ1) is 17.5. The Bertz CT molecular complexity index is 1170. The lowest BCUT2D eigenvalue weighted by Gasteiger charge is -2.27. The molecule has 6 rings (SSSR count). The number of anilines is 2. The van der Waals surface area contributed by atoms with E-state index in [2.05, 4.69) is 52.2 Å². The van der Waals surface area contributed by atoms with Gasteiger partial charge in [0.2, 0.25) is 5.91 Å². The molecule has 2 heterocycles. The molecule has 0 radical (unpaired) electrons. The Kier molecular flexibility index (Phi) is 3.85. The third-order valence-corrected chi connectivity index (χ3v) is 6.34. The smallest absolute Gasteiger partial charge is 0.248 e. The van der Waals surface area contributed by atoms with Crippen LogP contribution in [0, 0.1) is 0 Å². The summed E-state index contributed by atoms with van der Waals surface area (Å²) < 4.78 is 2.16. The molecule has 2 aromatic carbocycles. The van der Waals surface area contributed by atoms with Crippen LogP contribution in [0.5, 0.6) is 0 Å². The molecule has 1 amide bonds. The highest BCUT2D eigenvalue weighted by Crippen LogP contribution is 2.45. The van der Waals surface area contributed by atoms with E-state index in [0.29, 0.717) is 17.4 Å². The lowest BCUT2D eigenvalue weighted by Crippen LogP contribution is -2.17. The van der Waals surface area contributed by atoms with Crippen LogP contribution in [0.1, 0.15) is 64.8 Å². The molecule has 0 atom stereocenters. The van der Waals surface area contributed by atoms with Crippen LogP contribution in [-0.4, -0.2) is 15.7 Å². The van der Waals surface area contributed by atoms with Crippen molar-refractivity contribution in [2.75, 3.05) is 4.90 Å². The molecule has 30 heavy (non-hydrogen) atoms. The average Bonchev–Trinajstić information content (AvgIpc) is 3.71. The quantitative estimate of drug-likeness (QED) is 0.665. The largest absolute Gasteiger partial charge is 0.366 e. The van der Waals surface area contributed by atoms with E-state index in [1.165, 1.54) is 37.1 Å². The van der Waals surface area contributed by atoms with Gasteiger partial charge in [-0.1, -0.05) is 6.08 Å². The number of hydrogen-bond acceptors (Lipinski definition) is 3. The van der Waals surface area contributed by atoms with Gasteiger partial charge in [0.15, 0.2) is 0 Å². The van der Waals surface area contributed by atoms with E-state index in [1.54, 1.807) is 6.07 Å². The predicted molar refractivity (Wildman–Crippen MR) is 117 cm³/mol. The van der Waals surface area contributed by atoms with Crippen molar-refractivity contribution in [3.8, 4) is 5.69 Å². The fourth-order valence-corrected chi connectivity index (χ4v) is 4.35. The second-order valence-corrected chi connectivity index (χ2v) is 8.64. The van der Waals surface area contributed by atoms with Crippen molar-refractivity contribution in [2.45, 2.75) is 43.9 Å². The van der Waals surface area contributed by atoms with E-state index in [4.69, 9.17) is 10.8 Å². The van der Waals surface area contributed by atoms with Crippen molar-refractivity contribution >= 4 is 17.3 Å². The molecule has 5 heteroatoms. The molecule has 2 fully saturated rings. The predicted octanol–water partition coefficient (Wildman–Crippen LogP) is 4.93. The molecule has 2 saturated carbocycles. The van der Waals surface area contributed by atoms with Crippen molar-refractivity contribution in [1.82, 2.24) is 9.78 Å². The Morgan fingerprint density at radius 2 is 1.67 bits per heavy atom. The van der Waals surface area contributed by atoms with Gasteiger partial charge in [0.25, 0.3) is 0 Å². The van der Waals surface area contributed by atoms with Crippen molar-refractivity contribution in [1.29, 1.82) is 0 Å². The van der Waals surface area contributed by atoms with Crippen LogP contribution in [0.4, 0.5) is 11.4 Å². The van der Waals surface area contributed by atoms with Gasteiger partial charge in [-0.25, -0.2) is 4.68 Å². The van der Waals surface area contributed by atoms with Crippen molar-refractivity contribution < 1.29 is 4.79 Å². The van der Waals surface area contributed by atoms with Crippen LogP contribution < -0.4 is 10.6 Å². The first-order valence-corrected chi connectivity index (χ1v) is 10.8. The zero-order valence-electron chi connectivity index (χ0n) is 16.8. The van der Waals surface area contributed by atoms with Crippen LogP contribution >= 0.6 is 0 Å². The van der Waals surface area contributed by atoms with Crippen LogP contribution in [0.2, 0.25) is 0 Å². The maximum absolute atomic E-state index is 11.5. The standard InChI is InChI=1S/C25H24N4O/c26-25(30)19-7-12-23-18(14-19)2-1-13-28(23)20-8-10-21(11-9-20)29-24(17-5-6-17)15-22(27-29)16-3-4-16/h1,7-17H,2-6H2,(H2,26,30). The average molecular weight is 396 g/mol. The number of carbonyl (C=O) groups is 1. The molecular weight excluding hydrogens is 372 g/mol. The molecule has 0 spiro atoms. The summed E-state index contributed by atoms with van der Waals surface area (Å²) in [5, 5.41) is 4.95. The number of aromatic nitrogens is 2. The number of amides is 1. The van der Waals surface area contributed by atoms with E-state index in [0.717, 1.165) is 29.0 Å². The molecule has 150 valence electrons. The summed E-state index contributed by atoms with van der Waals surface area (Å²) >= 11 is 0. The van der Waals surface area contributed by atoms with Gasteiger partial charge < -0.3 is 10.6 Å². The monoisotopic (exact) mass is 396 g/mol. The van der Waals surface area contributed by atoms with Gasteiger partial charge >= 0.3 is 0 Å². The molecule has 3 aromatic rings. The third-order valence-electron chi connectivity index (χ3n) is 6.34. The zero-order valence-corrected chi connectivity index (χ0v) is 16.8. The molecular formula is C25H24N4O. The number of primary amides is 1. The van der Waals surface area contributed by atoms with Gasteiger partial charge in [-0.05, 0) is 86.2 Å². The summed E-state index contributed by atoms with van der Waals surface area (Å²) in [6.07, 6.45) is 10.1. The summed E-state index contributed by atoms with van der Waals surface area (Å²) in [5.74, 6) is 0.948. The maximum Gasteiger partial charge on any atom is 0.248 e. The number of benzene rings is 2. The van der Waals surface area contributed by atoms with E-state index in [1.807, 2.05) is 12.1 Å². The highest BCUT2D eigenvalue weighted by Gasteiger charge is 2.33. The van der Waals surface area contributed by atoms with Gasteiger partial charge in [0.05, 0.1) is 11.4 Å². The highest BCUT2D eigenvalue weighted by molar-refractivity contribution is 5.94. The number of nitrogens with two attached hydrogens (primary N) is 1. The summed E-state index contributed by atoms with van der Waals surface area (Å²) in [6.45, 7) is 0. The first-order valence-electron chi connectivity index (χ1n) is 10.8. The van der Waals surface area contributed by atoms with E-state index in [9.17, 15) is 4.79 Å². The number of carbonyl (C=O) groups excluding carboxylic acids is 1. The highest BCUT2D eigenvalue weighted by atomic mass is 16.1. The second-order valence-electron chi connectivity index (χ2n) is 8.64. The van der Waals surface area contributed by atoms with Crippen molar-refractivity contribution in [3.05, 3.63) is 83.3 Å². The van der Waals surface area contributed by atoms with Crippen LogP contribution in [-0.2, 0) is 6.42 Å². The normalized spacial score (nSPS) is 17.8. The number of hydrogen-bond donors (Lipinski definition) is 1. The summed E-state index contributed by atoms with van der Waals surface area (Å²) in [4.78, 5) is 13.7. The number of allylic oxidation sites excluding steroid dienone is 1. The zero-order chi connectivity index (χ0) is 20.2. The fraction of sp³-hybridized carbons (Fsp3) is 0.280. The van der Waals surface area contributed by atoms with Gasteiger partial charge in [-0.2, -0.15) is 5.10 Å². The Morgan fingerprint density at radius 3 is 2.37 bits per heavy atom. The minimum absolute atomic E-state index is 0.389. The van der Waals surface area contributed by atoms with Crippen LogP contribution in [0.25, 0.3) is 5.69 Å². The minimum Gasteiger partial charge on any atom is -0.366 e. The molecule has 3 aliphatic rings. The molecule has 0 unspecified atom stereocenters. The fourth-order valence-electron chi connectivity index (χ4n) is 4.35. The molecule has 1 aliphatic heterocycles. The van der Waals surface area contributed by atoms with E-state index in [-0.39, 0.29) is 5.91 Å². The lowest BCUT2D eigenvalue weighted by molar-refractivity contribution is 0.1000. The SMILES string of the molecule is NC(=O)c1ccc2c(c1)CC=CN2c1ccc(-n2nc(C3CC3)cc2C2CC2)cc1. The van der Waals surface area contributed by atoms with E-state index >= 15 is 0 Å². The summed E-state index contributed by atoms with van der Waals surface area (Å²) in [7, 11) is 0. The molecule has 2 N–H and O–H groups in total. The number of nitrogens with zero attached hydrogens (tertiary/aromatic N) is 3. The Balaban J connectivity index is 1.33. The number of rotatable bonds is 5. The number of fused-ring (bicyclic) bond motifs is 1. The Morgan fingerprint density at radius 1 is 0.933 bits per heavy atom. The molecule has 1 aromatic heterocycles. The minimum atomic E-state index is -0.389. The molecule has 2 aliphatic carbocycles. The second kappa shape index (κ2) is 6.59. The Hall–Kier alpha value is -3.34. The molecule has 0 saturated heterocycles. The van der Waals surface area contributed by atoms with Crippen LogP contribution in [0.3, 0.4) is 0 Å². The molecule has 5 nitrogen and oxygen atoms in total. The maximum atomic E-state index is 11.5. The van der Waals surface area contributed by atoms with E-state index < -0.39 is 0 Å². The first-order chi connectivity index (χ1) is 14.7.